The SMILES string of the molecule is COc1cccc(C(C)NC(=O)c2csc(C(N)=O)n2)c1. The Morgan fingerprint density at radius 2 is 2.19 bits per heavy atom. The van der Waals surface area contributed by atoms with Crippen molar-refractivity contribution < 1.29 is 14.3 Å². The van der Waals surface area contributed by atoms with Crippen LogP contribution in [0.1, 0.15) is 38.8 Å². The Hall–Kier alpha value is -2.41. The predicted molar refractivity (Wildman–Crippen MR) is 79.5 cm³/mol. The van der Waals surface area contributed by atoms with Gasteiger partial charge in [-0.05, 0) is 24.6 Å². The van der Waals surface area contributed by atoms with Crippen molar-refractivity contribution >= 4 is 23.2 Å². The largest absolute Gasteiger partial charge is 0.497 e. The lowest BCUT2D eigenvalue weighted by molar-refractivity contribution is 0.0935. The van der Waals surface area contributed by atoms with Gasteiger partial charge in [-0.25, -0.2) is 4.98 Å². The third kappa shape index (κ3) is 3.57. The first-order valence-electron chi connectivity index (χ1n) is 6.21. The van der Waals surface area contributed by atoms with Gasteiger partial charge in [0.2, 0.25) is 0 Å². The number of nitrogens with one attached hydrogen (secondary N) is 1. The first-order chi connectivity index (χ1) is 10.0. The average molecular weight is 305 g/mol. The van der Waals surface area contributed by atoms with E-state index < -0.39 is 5.91 Å². The van der Waals surface area contributed by atoms with Crippen LogP contribution in [-0.4, -0.2) is 23.9 Å². The summed E-state index contributed by atoms with van der Waals surface area (Å²) in [6.45, 7) is 1.86. The minimum absolute atomic E-state index is 0.120. The van der Waals surface area contributed by atoms with Gasteiger partial charge in [-0.3, -0.25) is 9.59 Å². The van der Waals surface area contributed by atoms with E-state index in [1.165, 1.54) is 5.38 Å². The number of nitrogens with two attached hydrogens (primary N) is 1. The Bertz CT molecular complexity index is 669. The van der Waals surface area contributed by atoms with Crippen LogP contribution >= 0.6 is 11.3 Å². The lowest BCUT2D eigenvalue weighted by atomic mass is 10.1. The molecule has 1 unspecified atom stereocenters. The zero-order chi connectivity index (χ0) is 15.4. The summed E-state index contributed by atoms with van der Waals surface area (Å²) in [6, 6.07) is 7.21. The number of carbonyl (C=O) groups is 2. The van der Waals surface area contributed by atoms with Crippen molar-refractivity contribution in [3.05, 3.63) is 45.9 Å². The number of thiazole rings is 1. The van der Waals surface area contributed by atoms with E-state index >= 15 is 0 Å². The second-order valence-corrected chi connectivity index (χ2v) is 5.23. The number of amides is 2. The summed E-state index contributed by atoms with van der Waals surface area (Å²) in [6.07, 6.45) is 0. The Labute approximate surface area is 125 Å². The molecule has 1 aromatic carbocycles. The first-order valence-corrected chi connectivity index (χ1v) is 7.09. The summed E-state index contributed by atoms with van der Waals surface area (Å²) < 4.78 is 5.15. The number of nitrogens with zero attached hydrogens (tertiary/aromatic N) is 1. The molecule has 0 radical (unpaired) electrons. The third-order valence-corrected chi connectivity index (χ3v) is 3.75. The highest BCUT2D eigenvalue weighted by Gasteiger charge is 2.16. The van der Waals surface area contributed by atoms with Gasteiger partial charge in [0.15, 0.2) is 5.01 Å². The summed E-state index contributed by atoms with van der Waals surface area (Å²) >= 11 is 1.05. The average Bonchev–Trinajstić information content (AvgIpc) is 2.97. The van der Waals surface area contributed by atoms with E-state index in [9.17, 15) is 9.59 Å². The Kier molecular flexibility index (Phi) is 4.54. The van der Waals surface area contributed by atoms with Crippen molar-refractivity contribution in [2.24, 2.45) is 5.73 Å². The van der Waals surface area contributed by atoms with Crippen molar-refractivity contribution in [3.8, 4) is 5.75 Å². The Balaban J connectivity index is 2.08. The molecule has 0 aliphatic rings. The maximum Gasteiger partial charge on any atom is 0.277 e. The van der Waals surface area contributed by atoms with Gasteiger partial charge in [0.25, 0.3) is 11.8 Å². The van der Waals surface area contributed by atoms with Crippen LogP contribution in [0.5, 0.6) is 5.75 Å². The van der Waals surface area contributed by atoms with E-state index in [0.717, 1.165) is 22.6 Å². The molecule has 21 heavy (non-hydrogen) atoms. The number of rotatable bonds is 5. The fraction of sp³-hybridized carbons (Fsp3) is 0.214. The quantitative estimate of drug-likeness (QED) is 0.879. The lowest BCUT2D eigenvalue weighted by Gasteiger charge is -2.14. The second kappa shape index (κ2) is 6.36. The molecule has 1 aromatic heterocycles. The molecule has 0 fully saturated rings. The summed E-state index contributed by atoms with van der Waals surface area (Å²) in [7, 11) is 1.59. The van der Waals surface area contributed by atoms with Gasteiger partial charge >= 0.3 is 0 Å². The van der Waals surface area contributed by atoms with Crippen LogP contribution in [-0.2, 0) is 0 Å². The number of aromatic nitrogens is 1. The second-order valence-electron chi connectivity index (χ2n) is 4.37. The number of carbonyl (C=O) groups excluding carboxylic acids is 2. The number of hydrogen-bond acceptors (Lipinski definition) is 5. The van der Waals surface area contributed by atoms with Gasteiger partial charge in [-0.1, -0.05) is 12.1 Å². The van der Waals surface area contributed by atoms with E-state index in [1.54, 1.807) is 7.11 Å². The summed E-state index contributed by atoms with van der Waals surface area (Å²) in [5, 5.41) is 4.44. The van der Waals surface area contributed by atoms with E-state index in [-0.39, 0.29) is 22.7 Å². The zero-order valence-corrected chi connectivity index (χ0v) is 12.4. The lowest BCUT2D eigenvalue weighted by Crippen LogP contribution is -2.27. The van der Waals surface area contributed by atoms with E-state index in [2.05, 4.69) is 10.3 Å². The molecule has 1 atom stereocenters. The van der Waals surface area contributed by atoms with Gasteiger partial charge in [-0.2, -0.15) is 0 Å². The molecule has 2 aromatic rings. The molecular formula is C14H15N3O3S. The Morgan fingerprint density at radius 3 is 2.81 bits per heavy atom. The number of ether oxygens (including phenoxy) is 1. The van der Waals surface area contributed by atoms with Crippen molar-refractivity contribution in [1.82, 2.24) is 10.3 Å². The van der Waals surface area contributed by atoms with E-state index in [4.69, 9.17) is 10.5 Å². The van der Waals surface area contributed by atoms with Gasteiger partial charge in [0, 0.05) is 5.38 Å². The van der Waals surface area contributed by atoms with Crippen molar-refractivity contribution in [2.75, 3.05) is 7.11 Å². The minimum Gasteiger partial charge on any atom is -0.497 e. The van der Waals surface area contributed by atoms with Crippen LogP contribution < -0.4 is 15.8 Å². The van der Waals surface area contributed by atoms with Crippen LogP contribution in [0.15, 0.2) is 29.6 Å². The summed E-state index contributed by atoms with van der Waals surface area (Å²) in [5.41, 5.74) is 6.21. The minimum atomic E-state index is -0.639. The van der Waals surface area contributed by atoms with Crippen molar-refractivity contribution in [2.45, 2.75) is 13.0 Å². The molecule has 0 saturated carbocycles. The normalized spacial score (nSPS) is 11.7. The molecule has 0 aliphatic heterocycles. The van der Waals surface area contributed by atoms with Crippen LogP contribution in [0.3, 0.4) is 0 Å². The molecule has 2 amide bonds. The molecule has 0 bridgehead atoms. The number of benzene rings is 1. The standard InChI is InChI=1S/C14H15N3O3S/c1-8(9-4-3-5-10(6-9)20-2)16-13(19)11-7-21-14(17-11)12(15)18/h3-8H,1-2H3,(H2,15,18)(H,16,19). The molecule has 0 aliphatic carbocycles. The summed E-state index contributed by atoms with van der Waals surface area (Å²) in [5.74, 6) is -0.271. The van der Waals surface area contributed by atoms with Gasteiger partial charge in [0.1, 0.15) is 11.4 Å². The third-order valence-electron chi connectivity index (χ3n) is 2.89. The van der Waals surface area contributed by atoms with Crippen LogP contribution in [0.2, 0.25) is 0 Å². The molecule has 0 saturated heterocycles. The van der Waals surface area contributed by atoms with Gasteiger partial charge in [-0.15, -0.1) is 11.3 Å². The van der Waals surface area contributed by atoms with Crippen LogP contribution in [0.4, 0.5) is 0 Å². The van der Waals surface area contributed by atoms with Crippen molar-refractivity contribution in [3.63, 3.8) is 0 Å². The first kappa shape index (κ1) is 15.0. The summed E-state index contributed by atoms with van der Waals surface area (Å²) in [4.78, 5) is 26.9. The van der Waals surface area contributed by atoms with Crippen LogP contribution in [0.25, 0.3) is 0 Å². The van der Waals surface area contributed by atoms with E-state index in [1.807, 2.05) is 31.2 Å². The van der Waals surface area contributed by atoms with Gasteiger partial charge in [0.05, 0.1) is 13.2 Å². The molecule has 7 heteroatoms. The monoisotopic (exact) mass is 305 g/mol. The molecule has 2 rings (SSSR count). The highest BCUT2D eigenvalue weighted by atomic mass is 32.1. The smallest absolute Gasteiger partial charge is 0.277 e. The predicted octanol–water partition coefficient (Wildman–Crippen LogP) is 1.74. The molecule has 3 N–H and O–H groups in total. The topological polar surface area (TPSA) is 94.3 Å². The fourth-order valence-electron chi connectivity index (χ4n) is 1.76. The molecule has 110 valence electrons. The van der Waals surface area contributed by atoms with Gasteiger partial charge < -0.3 is 15.8 Å². The number of hydrogen-bond donors (Lipinski definition) is 2. The molecular weight excluding hydrogens is 290 g/mol. The maximum absolute atomic E-state index is 12.1. The van der Waals surface area contributed by atoms with Crippen LogP contribution in [0, 0.1) is 0 Å². The zero-order valence-electron chi connectivity index (χ0n) is 11.6. The number of methoxy groups -OCH3 is 1. The highest BCUT2D eigenvalue weighted by Crippen LogP contribution is 2.19. The van der Waals surface area contributed by atoms with Crippen molar-refractivity contribution in [1.29, 1.82) is 0 Å². The molecule has 1 heterocycles. The fourth-order valence-corrected chi connectivity index (χ4v) is 2.41. The Morgan fingerprint density at radius 1 is 1.43 bits per heavy atom. The molecule has 0 spiro atoms. The van der Waals surface area contributed by atoms with E-state index in [0.29, 0.717) is 0 Å². The highest BCUT2D eigenvalue weighted by molar-refractivity contribution is 7.11. The maximum atomic E-state index is 12.1. The molecule has 6 nitrogen and oxygen atoms in total. The number of primary amides is 1.